The zero-order valence-corrected chi connectivity index (χ0v) is 17.4. The molecule has 5 N–H and O–H groups in total. The Morgan fingerprint density at radius 1 is 0.786 bits per heavy atom. The highest BCUT2D eigenvalue weighted by molar-refractivity contribution is 8.45. The number of hydrogen-bond donors (Lipinski definition) is 3. The molecule has 0 aliphatic heterocycles. The second kappa shape index (κ2) is 8.83. The molecule has 0 aliphatic rings. The fourth-order valence-corrected chi connectivity index (χ4v) is 2.41. The number of hydrazine groups is 1. The number of nitrogens with one attached hydrogen (secondary N) is 1. The molecule has 0 unspecified atom stereocenters. The lowest BCUT2D eigenvalue weighted by Gasteiger charge is -2.40. The molecule has 9 heteroatoms. The molecule has 160 valence electrons. The summed E-state index contributed by atoms with van der Waals surface area (Å²) >= 11 is 0. The first-order chi connectivity index (χ1) is 12.6. The van der Waals surface area contributed by atoms with Crippen LogP contribution in [-0.4, -0.2) is 0 Å². The Hall–Kier alpha value is -2.26. The Morgan fingerprint density at radius 2 is 1.14 bits per heavy atom. The third kappa shape index (κ3) is 8.62. The molecule has 0 heterocycles. The van der Waals surface area contributed by atoms with Gasteiger partial charge in [-0.1, -0.05) is 75.2 Å². The van der Waals surface area contributed by atoms with Gasteiger partial charge in [-0.15, -0.1) is 0 Å². The van der Waals surface area contributed by atoms with Crippen LogP contribution >= 0.6 is 10.2 Å². The van der Waals surface area contributed by atoms with Gasteiger partial charge in [0.2, 0.25) is 0 Å². The van der Waals surface area contributed by atoms with E-state index in [2.05, 4.69) is 5.43 Å². The van der Waals surface area contributed by atoms with Crippen LogP contribution in [-0.2, 0) is 0 Å². The van der Waals surface area contributed by atoms with E-state index in [1.165, 1.54) is 0 Å². The highest BCUT2D eigenvalue weighted by Crippen LogP contribution is 3.02. The lowest BCUT2D eigenvalue weighted by Crippen LogP contribution is -2.21. The van der Waals surface area contributed by atoms with Gasteiger partial charge in [0.15, 0.2) is 0 Å². The van der Waals surface area contributed by atoms with Gasteiger partial charge >= 0.3 is 10.2 Å². The van der Waals surface area contributed by atoms with Gasteiger partial charge in [-0.25, -0.2) is 0 Å². The minimum absolute atomic E-state index is 0.427. The summed E-state index contributed by atoms with van der Waals surface area (Å²) in [5.41, 5.74) is 11.4. The van der Waals surface area contributed by atoms with Crippen molar-refractivity contribution in [1.29, 1.82) is 0 Å². The predicted molar refractivity (Wildman–Crippen MR) is 109 cm³/mol. The Morgan fingerprint density at radius 3 is 1.39 bits per heavy atom. The highest BCUT2D eigenvalue weighted by atomic mass is 32.5. The molecule has 0 atom stereocenters. The van der Waals surface area contributed by atoms with Crippen molar-refractivity contribution < 1.29 is 19.4 Å². The lowest BCUT2D eigenvalue weighted by molar-refractivity contribution is 0.364. The third-order valence-electron chi connectivity index (χ3n) is 3.49. The molecule has 0 aliphatic carbocycles. The number of allylic oxidation sites excluding steroid dienone is 2. The molecular formula is C19H28F5N3S. The quantitative estimate of drug-likeness (QED) is 0.282. The summed E-state index contributed by atoms with van der Waals surface area (Å²) < 4.78 is 62.7. The summed E-state index contributed by atoms with van der Waals surface area (Å²) in [6.45, 7) is 9.48. The third-order valence-corrected chi connectivity index (χ3v) is 4.66. The van der Waals surface area contributed by atoms with Crippen LogP contribution < -0.4 is 17.0 Å². The number of hydrogen-bond acceptors (Lipinski definition) is 3. The van der Waals surface area contributed by atoms with Gasteiger partial charge in [-0.2, -0.15) is 0 Å². The predicted octanol–water partition coefficient (Wildman–Crippen LogP) is 7.01. The first-order valence-corrected chi connectivity index (χ1v) is 10.4. The van der Waals surface area contributed by atoms with E-state index >= 15 is 0 Å². The van der Waals surface area contributed by atoms with Crippen molar-refractivity contribution in [3.05, 3.63) is 65.5 Å². The van der Waals surface area contributed by atoms with Crippen LogP contribution in [0.4, 0.5) is 19.4 Å². The van der Waals surface area contributed by atoms with Gasteiger partial charge < -0.3 is 11.2 Å². The molecule has 0 saturated carbocycles. The average Bonchev–Trinajstić information content (AvgIpc) is 2.62. The molecule has 3 nitrogen and oxygen atoms in total. The van der Waals surface area contributed by atoms with Gasteiger partial charge in [-0.05, 0) is 44.0 Å². The van der Waals surface area contributed by atoms with Crippen LogP contribution in [0.1, 0.15) is 33.3 Å². The maximum Gasteiger partial charge on any atom is 0.310 e. The Kier molecular flexibility index (Phi) is 8.12. The second-order valence-corrected chi connectivity index (χ2v) is 8.22. The molecule has 2 aromatic carbocycles. The van der Waals surface area contributed by atoms with Crippen molar-refractivity contribution in [2.75, 3.05) is 0 Å². The number of rotatable bonds is 3. The second-order valence-electron chi connectivity index (χ2n) is 5.81. The summed E-state index contributed by atoms with van der Waals surface area (Å²) in [4.78, 5) is -1.86. The number of benzene rings is 2. The lowest BCUT2D eigenvalue weighted by atomic mass is 10.0. The molecule has 0 bridgehead atoms. The smallest absolute Gasteiger partial charge is 0.310 e. The first kappa shape index (κ1) is 25.7. The molecule has 0 aromatic heterocycles. The zero-order chi connectivity index (χ0) is 22.2. The van der Waals surface area contributed by atoms with Crippen molar-refractivity contribution >= 4 is 10.2 Å². The van der Waals surface area contributed by atoms with E-state index in [9.17, 15) is 19.4 Å². The SMILES string of the molecule is C/C(N)=C(\C)NN.CC.Cc1ccc(-c2ccc(S(F)(F)(F)(F)F)cc2)cc1. The largest absolute Gasteiger partial charge is 0.401 e. The molecule has 2 aromatic rings. The van der Waals surface area contributed by atoms with Crippen molar-refractivity contribution in [2.45, 2.75) is 39.5 Å². The summed E-state index contributed by atoms with van der Waals surface area (Å²) in [6.07, 6.45) is 0. The molecule has 0 fully saturated rings. The van der Waals surface area contributed by atoms with Gasteiger partial charge in [-0.3, -0.25) is 5.84 Å². The van der Waals surface area contributed by atoms with E-state index < -0.39 is 15.1 Å². The molecule has 0 amide bonds. The highest BCUT2D eigenvalue weighted by Gasteiger charge is 2.65. The topological polar surface area (TPSA) is 64.1 Å². The fourth-order valence-electron chi connectivity index (χ4n) is 1.76. The maximum absolute atomic E-state index is 12.5. The van der Waals surface area contributed by atoms with E-state index in [1.54, 1.807) is 31.2 Å². The van der Waals surface area contributed by atoms with Crippen LogP contribution in [0, 0.1) is 6.92 Å². The Labute approximate surface area is 163 Å². The maximum atomic E-state index is 12.5. The summed E-state index contributed by atoms with van der Waals surface area (Å²) in [6, 6.07) is 10.0. The molecule has 0 radical (unpaired) electrons. The number of nitrogens with two attached hydrogens (primary N) is 2. The first-order valence-electron chi connectivity index (χ1n) is 8.45. The van der Waals surface area contributed by atoms with E-state index in [4.69, 9.17) is 11.6 Å². The monoisotopic (exact) mass is 425 g/mol. The normalized spacial score (nSPS) is 14.1. The van der Waals surface area contributed by atoms with E-state index in [0.29, 0.717) is 23.3 Å². The van der Waals surface area contributed by atoms with E-state index in [0.717, 1.165) is 29.1 Å². The molecule has 0 saturated heterocycles. The molecule has 28 heavy (non-hydrogen) atoms. The minimum atomic E-state index is -9.57. The summed E-state index contributed by atoms with van der Waals surface area (Å²) in [7, 11) is -9.57. The van der Waals surface area contributed by atoms with Crippen LogP contribution in [0.3, 0.4) is 0 Å². The van der Waals surface area contributed by atoms with Crippen molar-refractivity contribution in [3.8, 4) is 11.1 Å². The van der Waals surface area contributed by atoms with Gasteiger partial charge in [0.1, 0.15) is 4.90 Å². The Balaban J connectivity index is 0.000000688. The van der Waals surface area contributed by atoms with E-state index in [-0.39, 0.29) is 0 Å². The standard InChI is InChI=1S/C13H11F5S.C4H11N3.C2H6/c1-10-2-4-11(5-3-10)12-6-8-13(9-7-12)19(14,15,16,17)18;1-3(5)4(2)7-6;1-2/h2-9H,1H3;7H,5-6H2,1-2H3;1-2H3/b;4-3-;. The van der Waals surface area contributed by atoms with Gasteiger partial charge in [0.25, 0.3) is 0 Å². The van der Waals surface area contributed by atoms with Crippen molar-refractivity contribution in [3.63, 3.8) is 0 Å². The van der Waals surface area contributed by atoms with Gasteiger partial charge in [0, 0.05) is 11.4 Å². The van der Waals surface area contributed by atoms with Crippen LogP contribution in [0.25, 0.3) is 11.1 Å². The van der Waals surface area contributed by atoms with Gasteiger partial charge in [0.05, 0.1) is 0 Å². The van der Waals surface area contributed by atoms with E-state index in [1.807, 2.05) is 27.7 Å². The fraction of sp³-hybridized carbons (Fsp3) is 0.263. The van der Waals surface area contributed by atoms with Crippen molar-refractivity contribution in [1.82, 2.24) is 5.43 Å². The molecule has 2 rings (SSSR count). The van der Waals surface area contributed by atoms with Crippen LogP contribution in [0.15, 0.2) is 64.8 Å². The summed E-state index contributed by atoms with van der Waals surface area (Å²) in [5.74, 6) is 4.99. The Bertz CT molecular complexity index is 780. The average molecular weight is 426 g/mol. The zero-order valence-electron chi connectivity index (χ0n) is 16.6. The van der Waals surface area contributed by atoms with Crippen LogP contribution in [0.2, 0.25) is 0 Å². The van der Waals surface area contributed by atoms with Crippen molar-refractivity contribution in [2.24, 2.45) is 11.6 Å². The van der Waals surface area contributed by atoms with Crippen LogP contribution in [0.5, 0.6) is 0 Å². The number of halogens is 5. The number of aryl methyl sites for hydroxylation is 1. The molecular weight excluding hydrogens is 397 g/mol. The molecule has 0 spiro atoms. The summed E-state index contributed by atoms with van der Waals surface area (Å²) in [5, 5.41) is 0. The minimum Gasteiger partial charge on any atom is -0.401 e.